The summed E-state index contributed by atoms with van der Waals surface area (Å²) in [5.41, 5.74) is 2.74. The minimum absolute atomic E-state index is 0.808. The third-order valence-corrected chi connectivity index (χ3v) is 4.79. The first-order valence-corrected chi connectivity index (χ1v) is 7.76. The Hall–Kier alpha value is -1.18. The number of ether oxygens (including phenoxy) is 1. The van der Waals surface area contributed by atoms with Crippen molar-refractivity contribution in [1.82, 2.24) is 0 Å². The summed E-state index contributed by atoms with van der Waals surface area (Å²) in [7, 11) is 1.75. The Morgan fingerprint density at radius 3 is 2.79 bits per heavy atom. The van der Waals surface area contributed by atoms with Crippen molar-refractivity contribution < 1.29 is 4.74 Å². The molecule has 1 heterocycles. The first-order chi connectivity index (χ1) is 9.35. The van der Waals surface area contributed by atoms with Gasteiger partial charge in [-0.3, -0.25) is 0 Å². The van der Waals surface area contributed by atoms with E-state index in [0.29, 0.717) is 0 Å². The van der Waals surface area contributed by atoms with Crippen LogP contribution in [0.15, 0.2) is 18.2 Å². The van der Waals surface area contributed by atoms with Gasteiger partial charge in [-0.2, -0.15) is 0 Å². The summed E-state index contributed by atoms with van der Waals surface area (Å²) >= 11 is 0. The third-order valence-electron chi connectivity index (χ3n) is 4.79. The van der Waals surface area contributed by atoms with Crippen LogP contribution in [0, 0.1) is 11.8 Å². The Kier molecular flexibility index (Phi) is 3.95. The number of nitrogens with one attached hydrogen (secondary N) is 1. The van der Waals surface area contributed by atoms with Crippen LogP contribution >= 0.6 is 0 Å². The summed E-state index contributed by atoms with van der Waals surface area (Å²) in [5, 5.41) is 3.60. The average Bonchev–Trinajstić information content (AvgIpc) is 2.47. The summed E-state index contributed by atoms with van der Waals surface area (Å²) in [5.74, 6) is 2.77. The Morgan fingerprint density at radius 1 is 1.16 bits per heavy atom. The molecule has 0 aromatic heterocycles. The van der Waals surface area contributed by atoms with Crippen molar-refractivity contribution in [2.75, 3.05) is 19.0 Å². The van der Waals surface area contributed by atoms with Gasteiger partial charge in [0, 0.05) is 12.2 Å². The molecular formula is C17H25NO. The number of fused-ring (bicyclic) bond motifs is 1. The molecule has 19 heavy (non-hydrogen) atoms. The lowest BCUT2D eigenvalue weighted by Crippen LogP contribution is -2.26. The topological polar surface area (TPSA) is 21.3 Å². The van der Waals surface area contributed by atoms with Gasteiger partial charge in [0.1, 0.15) is 5.75 Å². The number of rotatable bonds is 3. The highest BCUT2D eigenvalue weighted by Gasteiger charge is 2.23. The van der Waals surface area contributed by atoms with Crippen LogP contribution in [0.4, 0.5) is 5.69 Å². The molecule has 0 bridgehead atoms. The fourth-order valence-corrected chi connectivity index (χ4v) is 3.74. The Labute approximate surface area is 116 Å². The average molecular weight is 259 g/mol. The zero-order valence-electron chi connectivity index (χ0n) is 12.0. The smallest absolute Gasteiger partial charge is 0.119 e. The molecule has 2 heteroatoms. The SMILES string of the molecule is COc1ccc2c(c1)CC(CC1CCCCC1)CN2. The molecule has 3 rings (SSSR count). The third kappa shape index (κ3) is 3.05. The van der Waals surface area contributed by atoms with Crippen molar-refractivity contribution in [3.63, 3.8) is 0 Å². The summed E-state index contributed by atoms with van der Waals surface area (Å²) in [6, 6.07) is 6.41. The van der Waals surface area contributed by atoms with Crippen LogP contribution in [-0.4, -0.2) is 13.7 Å². The molecule has 0 amide bonds. The largest absolute Gasteiger partial charge is 0.497 e. The van der Waals surface area contributed by atoms with E-state index in [0.717, 1.165) is 24.1 Å². The molecule has 2 aliphatic rings. The molecule has 1 atom stereocenters. The van der Waals surface area contributed by atoms with Crippen molar-refractivity contribution >= 4 is 5.69 Å². The Balaban J connectivity index is 1.63. The molecule has 1 saturated carbocycles. The fraction of sp³-hybridized carbons (Fsp3) is 0.647. The van der Waals surface area contributed by atoms with Crippen molar-refractivity contribution in [2.45, 2.75) is 44.9 Å². The lowest BCUT2D eigenvalue weighted by Gasteiger charge is -2.31. The van der Waals surface area contributed by atoms with E-state index < -0.39 is 0 Å². The van der Waals surface area contributed by atoms with E-state index >= 15 is 0 Å². The molecule has 1 aliphatic carbocycles. The second-order valence-corrected chi connectivity index (χ2v) is 6.21. The van der Waals surface area contributed by atoms with Crippen LogP contribution in [0.25, 0.3) is 0 Å². The van der Waals surface area contributed by atoms with Gasteiger partial charge in [-0.05, 0) is 48.4 Å². The zero-order chi connectivity index (χ0) is 13.1. The Morgan fingerprint density at radius 2 is 2.00 bits per heavy atom. The van der Waals surface area contributed by atoms with Gasteiger partial charge in [0.05, 0.1) is 7.11 Å². The van der Waals surface area contributed by atoms with Crippen LogP contribution in [0.2, 0.25) is 0 Å². The van der Waals surface area contributed by atoms with Crippen molar-refractivity contribution in [3.05, 3.63) is 23.8 Å². The fourth-order valence-electron chi connectivity index (χ4n) is 3.74. The normalized spacial score (nSPS) is 23.5. The maximum absolute atomic E-state index is 5.34. The standard InChI is InChI=1S/C17H25NO/c1-19-16-7-8-17-15(11-16)10-14(12-18-17)9-13-5-3-2-4-6-13/h7-8,11,13-14,18H,2-6,9-10,12H2,1H3. The molecule has 1 fully saturated rings. The minimum Gasteiger partial charge on any atom is -0.497 e. The van der Waals surface area contributed by atoms with Gasteiger partial charge >= 0.3 is 0 Å². The van der Waals surface area contributed by atoms with Crippen LogP contribution < -0.4 is 10.1 Å². The zero-order valence-corrected chi connectivity index (χ0v) is 12.0. The molecule has 104 valence electrons. The second kappa shape index (κ2) is 5.85. The highest BCUT2D eigenvalue weighted by atomic mass is 16.5. The summed E-state index contributed by atoms with van der Waals surface area (Å²) in [6.07, 6.45) is 9.91. The lowest BCUT2D eigenvalue weighted by atomic mass is 9.80. The number of anilines is 1. The van der Waals surface area contributed by atoms with Gasteiger partial charge in [0.2, 0.25) is 0 Å². The van der Waals surface area contributed by atoms with Crippen molar-refractivity contribution in [2.24, 2.45) is 11.8 Å². The quantitative estimate of drug-likeness (QED) is 0.876. The molecule has 1 aromatic rings. The van der Waals surface area contributed by atoms with Crippen LogP contribution in [0.5, 0.6) is 5.75 Å². The molecule has 0 saturated heterocycles. The van der Waals surface area contributed by atoms with E-state index in [1.165, 1.54) is 56.2 Å². The van der Waals surface area contributed by atoms with Crippen molar-refractivity contribution in [3.8, 4) is 5.75 Å². The predicted octanol–water partition coefficient (Wildman–Crippen LogP) is 4.25. The van der Waals surface area contributed by atoms with Crippen LogP contribution in [0.1, 0.15) is 44.1 Å². The van der Waals surface area contributed by atoms with E-state index in [9.17, 15) is 0 Å². The first-order valence-electron chi connectivity index (χ1n) is 7.76. The number of methoxy groups -OCH3 is 1. The summed E-state index contributed by atoms with van der Waals surface area (Å²) < 4.78 is 5.34. The molecule has 1 aliphatic heterocycles. The molecule has 0 spiro atoms. The van der Waals surface area contributed by atoms with Gasteiger partial charge in [-0.15, -0.1) is 0 Å². The molecular weight excluding hydrogens is 234 g/mol. The van der Waals surface area contributed by atoms with E-state index in [-0.39, 0.29) is 0 Å². The van der Waals surface area contributed by atoms with E-state index in [1.807, 2.05) is 6.07 Å². The number of benzene rings is 1. The molecule has 1 unspecified atom stereocenters. The molecule has 2 nitrogen and oxygen atoms in total. The highest BCUT2D eigenvalue weighted by molar-refractivity contribution is 5.56. The number of hydrogen-bond acceptors (Lipinski definition) is 2. The summed E-state index contributed by atoms with van der Waals surface area (Å²) in [4.78, 5) is 0. The van der Waals surface area contributed by atoms with E-state index in [1.54, 1.807) is 7.11 Å². The monoisotopic (exact) mass is 259 g/mol. The minimum atomic E-state index is 0.808. The van der Waals surface area contributed by atoms with Gasteiger partial charge in [0.15, 0.2) is 0 Å². The van der Waals surface area contributed by atoms with Crippen LogP contribution in [-0.2, 0) is 6.42 Å². The van der Waals surface area contributed by atoms with Crippen molar-refractivity contribution in [1.29, 1.82) is 0 Å². The Bertz CT molecular complexity index is 423. The molecule has 1 aromatic carbocycles. The molecule has 1 N–H and O–H groups in total. The first kappa shape index (κ1) is 12.8. The maximum Gasteiger partial charge on any atom is 0.119 e. The lowest BCUT2D eigenvalue weighted by molar-refractivity contribution is 0.289. The van der Waals surface area contributed by atoms with E-state index in [4.69, 9.17) is 4.74 Å². The van der Waals surface area contributed by atoms with Crippen LogP contribution in [0.3, 0.4) is 0 Å². The molecule has 0 radical (unpaired) electrons. The van der Waals surface area contributed by atoms with Gasteiger partial charge < -0.3 is 10.1 Å². The van der Waals surface area contributed by atoms with E-state index in [2.05, 4.69) is 17.4 Å². The van der Waals surface area contributed by atoms with Gasteiger partial charge in [0.25, 0.3) is 0 Å². The summed E-state index contributed by atoms with van der Waals surface area (Å²) in [6.45, 7) is 1.15. The van der Waals surface area contributed by atoms with Gasteiger partial charge in [-0.25, -0.2) is 0 Å². The number of hydrogen-bond donors (Lipinski definition) is 1. The predicted molar refractivity (Wildman–Crippen MR) is 79.9 cm³/mol. The van der Waals surface area contributed by atoms with Gasteiger partial charge in [-0.1, -0.05) is 32.1 Å². The second-order valence-electron chi connectivity index (χ2n) is 6.21. The maximum atomic E-state index is 5.34. The highest BCUT2D eigenvalue weighted by Crippen LogP contribution is 2.34.